The highest BCUT2D eigenvalue weighted by molar-refractivity contribution is 7.15. The van der Waals surface area contributed by atoms with Gasteiger partial charge in [-0.1, -0.05) is 40.2 Å². The highest BCUT2D eigenvalue weighted by atomic mass is 35.5. The van der Waals surface area contributed by atoms with Crippen LogP contribution in [-0.2, 0) is 6.42 Å². The Kier molecular flexibility index (Phi) is 4.63. The van der Waals surface area contributed by atoms with Crippen LogP contribution < -0.4 is 5.32 Å². The van der Waals surface area contributed by atoms with Crippen LogP contribution in [0.5, 0.6) is 0 Å². The second kappa shape index (κ2) is 6.68. The monoisotopic (exact) mass is 348 g/mol. The van der Waals surface area contributed by atoms with Crippen LogP contribution in [0, 0.1) is 13.8 Å². The van der Waals surface area contributed by atoms with Crippen LogP contribution in [0.1, 0.15) is 40.6 Å². The number of hydrogen-bond acceptors (Lipinski definition) is 6. The number of nitrogens with one attached hydrogen (secondary N) is 1. The molecule has 0 fully saturated rings. The lowest BCUT2D eigenvalue weighted by molar-refractivity contribution is 0.392. The minimum atomic E-state index is 0.0672. The van der Waals surface area contributed by atoms with Gasteiger partial charge in [-0.3, -0.25) is 0 Å². The second-order valence-corrected chi connectivity index (χ2v) is 6.91. The third kappa shape index (κ3) is 3.71. The van der Waals surface area contributed by atoms with E-state index < -0.39 is 0 Å². The lowest BCUT2D eigenvalue weighted by atomic mass is 10.1. The summed E-state index contributed by atoms with van der Waals surface area (Å²) in [4.78, 5) is 0. The Bertz CT molecular complexity index is 777. The van der Waals surface area contributed by atoms with Crippen molar-refractivity contribution in [2.75, 3.05) is 5.32 Å². The smallest absolute Gasteiger partial charge is 0.206 e. The maximum Gasteiger partial charge on any atom is 0.206 e. The summed E-state index contributed by atoms with van der Waals surface area (Å²) in [7, 11) is 0. The Hall–Kier alpha value is -1.92. The average Bonchev–Trinajstić information content (AvgIpc) is 3.08. The molecule has 0 aliphatic heterocycles. The molecule has 3 rings (SSSR count). The normalized spacial score (nSPS) is 12.3. The summed E-state index contributed by atoms with van der Waals surface area (Å²) in [5.74, 6) is 0.827. The largest absolute Gasteiger partial charge is 0.361 e. The fraction of sp³-hybridized carbons (Fsp3) is 0.312. The topological polar surface area (TPSA) is 63.8 Å². The number of hydrogen-bond donors (Lipinski definition) is 1. The zero-order chi connectivity index (χ0) is 16.4. The predicted molar refractivity (Wildman–Crippen MR) is 92.2 cm³/mol. The van der Waals surface area contributed by atoms with Gasteiger partial charge in [-0.25, -0.2) is 0 Å². The highest BCUT2D eigenvalue weighted by Crippen LogP contribution is 2.27. The summed E-state index contributed by atoms with van der Waals surface area (Å²) in [5.41, 5.74) is 3.13. The Morgan fingerprint density at radius 3 is 2.61 bits per heavy atom. The van der Waals surface area contributed by atoms with E-state index in [0.717, 1.165) is 44.2 Å². The Balaban J connectivity index is 1.68. The van der Waals surface area contributed by atoms with E-state index in [1.54, 1.807) is 11.3 Å². The van der Waals surface area contributed by atoms with Crippen molar-refractivity contribution in [3.8, 4) is 0 Å². The van der Waals surface area contributed by atoms with Gasteiger partial charge in [0.2, 0.25) is 5.13 Å². The standard InChI is InChI=1S/C16H17ClN4OS/c1-9(15-10(2)21-22-11(15)3)18-16-20-19-14(23-16)8-12-4-6-13(17)7-5-12/h4-7,9H,8H2,1-3H3,(H,18,20). The van der Waals surface area contributed by atoms with Gasteiger partial charge in [0.25, 0.3) is 0 Å². The van der Waals surface area contributed by atoms with Crippen molar-refractivity contribution in [3.05, 3.63) is 56.9 Å². The van der Waals surface area contributed by atoms with Crippen molar-refractivity contribution in [1.82, 2.24) is 15.4 Å². The molecule has 120 valence electrons. The molecular weight excluding hydrogens is 332 g/mol. The lowest BCUT2D eigenvalue weighted by Gasteiger charge is -2.11. The number of halogens is 1. The molecule has 0 bridgehead atoms. The molecule has 1 N–H and O–H groups in total. The van der Waals surface area contributed by atoms with E-state index in [1.165, 1.54) is 0 Å². The molecule has 2 aromatic heterocycles. The van der Waals surface area contributed by atoms with Gasteiger partial charge in [0.05, 0.1) is 11.7 Å². The molecule has 1 aromatic carbocycles. The third-order valence-corrected chi connectivity index (χ3v) is 4.70. The molecule has 23 heavy (non-hydrogen) atoms. The first-order valence-corrected chi connectivity index (χ1v) is 8.48. The molecule has 1 unspecified atom stereocenters. The van der Waals surface area contributed by atoms with Gasteiger partial charge in [0.1, 0.15) is 10.8 Å². The minimum absolute atomic E-state index is 0.0672. The Morgan fingerprint density at radius 1 is 1.22 bits per heavy atom. The van der Waals surface area contributed by atoms with Crippen LogP contribution in [0.25, 0.3) is 0 Å². The van der Waals surface area contributed by atoms with E-state index in [1.807, 2.05) is 38.1 Å². The van der Waals surface area contributed by atoms with Crippen LogP contribution in [0.2, 0.25) is 5.02 Å². The number of nitrogens with zero attached hydrogens (tertiary/aromatic N) is 3. The highest BCUT2D eigenvalue weighted by Gasteiger charge is 2.17. The van der Waals surface area contributed by atoms with Crippen molar-refractivity contribution < 1.29 is 4.52 Å². The van der Waals surface area contributed by atoms with E-state index >= 15 is 0 Å². The predicted octanol–water partition coefficient (Wildman–Crippen LogP) is 4.56. The lowest BCUT2D eigenvalue weighted by Crippen LogP contribution is -2.08. The zero-order valence-electron chi connectivity index (χ0n) is 13.1. The van der Waals surface area contributed by atoms with Gasteiger partial charge < -0.3 is 9.84 Å². The quantitative estimate of drug-likeness (QED) is 0.732. The molecule has 0 aliphatic carbocycles. The molecule has 0 radical (unpaired) electrons. The molecular formula is C16H17ClN4OS. The van der Waals surface area contributed by atoms with Gasteiger partial charge in [0.15, 0.2) is 0 Å². The van der Waals surface area contributed by atoms with Crippen molar-refractivity contribution in [2.24, 2.45) is 0 Å². The molecule has 0 saturated heterocycles. The fourth-order valence-electron chi connectivity index (χ4n) is 2.53. The van der Waals surface area contributed by atoms with E-state index in [0.29, 0.717) is 0 Å². The van der Waals surface area contributed by atoms with Crippen molar-refractivity contribution in [2.45, 2.75) is 33.2 Å². The summed E-state index contributed by atoms with van der Waals surface area (Å²) < 4.78 is 5.21. The van der Waals surface area contributed by atoms with E-state index in [2.05, 4.69) is 27.6 Å². The fourth-order valence-corrected chi connectivity index (χ4v) is 3.51. The van der Waals surface area contributed by atoms with Gasteiger partial charge in [-0.15, -0.1) is 10.2 Å². The van der Waals surface area contributed by atoms with Crippen molar-refractivity contribution >= 4 is 28.1 Å². The van der Waals surface area contributed by atoms with Crippen LogP contribution in [0.4, 0.5) is 5.13 Å². The SMILES string of the molecule is Cc1noc(C)c1C(C)Nc1nnc(Cc2ccc(Cl)cc2)s1. The number of aromatic nitrogens is 3. The molecule has 1 atom stereocenters. The van der Waals surface area contributed by atoms with Crippen LogP contribution in [-0.4, -0.2) is 15.4 Å². The Labute approximate surface area is 143 Å². The molecule has 7 heteroatoms. The average molecular weight is 349 g/mol. The van der Waals surface area contributed by atoms with Gasteiger partial charge in [0, 0.05) is 17.0 Å². The first-order valence-electron chi connectivity index (χ1n) is 7.29. The molecule has 0 saturated carbocycles. The van der Waals surface area contributed by atoms with Crippen molar-refractivity contribution in [1.29, 1.82) is 0 Å². The van der Waals surface area contributed by atoms with Gasteiger partial charge in [-0.05, 0) is 38.5 Å². The number of aryl methyl sites for hydroxylation is 2. The van der Waals surface area contributed by atoms with Crippen molar-refractivity contribution in [3.63, 3.8) is 0 Å². The van der Waals surface area contributed by atoms with E-state index in [-0.39, 0.29) is 6.04 Å². The van der Waals surface area contributed by atoms with Crippen LogP contribution in [0.15, 0.2) is 28.8 Å². The number of rotatable bonds is 5. The summed E-state index contributed by atoms with van der Waals surface area (Å²) in [6.07, 6.45) is 0.746. The third-order valence-electron chi connectivity index (χ3n) is 3.60. The first-order chi connectivity index (χ1) is 11.0. The summed E-state index contributed by atoms with van der Waals surface area (Å²) >= 11 is 7.45. The molecule has 0 aliphatic rings. The first kappa shape index (κ1) is 16.0. The maximum absolute atomic E-state index is 5.90. The minimum Gasteiger partial charge on any atom is -0.361 e. The molecule has 0 amide bonds. The number of anilines is 1. The maximum atomic E-state index is 5.90. The molecule has 3 aromatic rings. The molecule has 5 nitrogen and oxygen atoms in total. The van der Waals surface area contributed by atoms with Crippen LogP contribution >= 0.6 is 22.9 Å². The zero-order valence-corrected chi connectivity index (χ0v) is 14.7. The summed E-state index contributed by atoms with van der Waals surface area (Å²) in [6.45, 7) is 5.92. The Morgan fingerprint density at radius 2 is 1.96 bits per heavy atom. The van der Waals surface area contributed by atoms with Gasteiger partial charge in [-0.2, -0.15) is 0 Å². The van der Waals surface area contributed by atoms with E-state index in [9.17, 15) is 0 Å². The van der Waals surface area contributed by atoms with E-state index in [4.69, 9.17) is 16.1 Å². The second-order valence-electron chi connectivity index (χ2n) is 5.41. The number of benzene rings is 1. The molecule has 0 spiro atoms. The van der Waals surface area contributed by atoms with Gasteiger partial charge >= 0.3 is 0 Å². The summed E-state index contributed by atoms with van der Waals surface area (Å²) in [5, 5.41) is 18.3. The van der Waals surface area contributed by atoms with Crippen LogP contribution in [0.3, 0.4) is 0 Å². The molecule has 2 heterocycles. The summed E-state index contributed by atoms with van der Waals surface area (Å²) in [6, 6.07) is 7.84.